The van der Waals surface area contributed by atoms with E-state index in [0.29, 0.717) is 25.0 Å². The highest BCUT2D eigenvalue weighted by atomic mass is 127. The van der Waals surface area contributed by atoms with Gasteiger partial charge in [0.15, 0.2) is 11.7 Å². The Morgan fingerprint density at radius 2 is 2.16 bits per heavy atom. The minimum atomic E-state index is -4.47. The summed E-state index contributed by atoms with van der Waals surface area (Å²) in [5, 5.41) is 6.43. The Kier molecular flexibility index (Phi) is 8.45. The van der Waals surface area contributed by atoms with Crippen molar-refractivity contribution >= 4 is 29.9 Å². The van der Waals surface area contributed by atoms with E-state index in [1.54, 1.807) is 7.05 Å². The van der Waals surface area contributed by atoms with Gasteiger partial charge in [-0.25, -0.2) is 0 Å². The van der Waals surface area contributed by atoms with Crippen LogP contribution in [0, 0.1) is 5.92 Å². The Balaban J connectivity index is 0.00000312. The number of nitrogens with one attached hydrogen (secondary N) is 1. The summed E-state index contributed by atoms with van der Waals surface area (Å²) in [7, 11) is 4.89. The molecular weight excluding hydrogens is 450 g/mol. The molecular formula is C15H25F3IN5O. The average Bonchev–Trinajstić information content (AvgIpc) is 3.24. The number of hydrogen-bond acceptors (Lipinski definition) is 3. The molecule has 0 bridgehead atoms. The number of rotatable bonds is 7. The molecule has 25 heavy (non-hydrogen) atoms. The first-order valence-corrected chi connectivity index (χ1v) is 7.90. The number of alkyl halides is 3. The number of aryl methyl sites for hydroxylation is 1. The van der Waals surface area contributed by atoms with Crippen molar-refractivity contribution in [3.05, 3.63) is 17.5 Å². The minimum absolute atomic E-state index is 0. The van der Waals surface area contributed by atoms with Crippen molar-refractivity contribution in [3.8, 4) is 0 Å². The molecule has 0 unspecified atom stereocenters. The Bertz CT molecular complexity index is 572. The summed E-state index contributed by atoms with van der Waals surface area (Å²) in [6.45, 7) is 1.97. The van der Waals surface area contributed by atoms with Crippen LogP contribution in [0.3, 0.4) is 0 Å². The fraction of sp³-hybridized carbons (Fsp3) is 0.733. The van der Waals surface area contributed by atoms with Crippen LogP contribution in [-0.4, -0.2) is 54.5 Å². The Morgan fingerprint density at radius 1 is 1.48 bits per heavy atom. The topological polar surface area (TPSA) is 54.7 Å². The SMILES string of the molecule is CN=C(NCc1cn(C)nc1C(F)(F)F)N(C)CCOCC1CC1.I. The van der Waals surface area contributed by atoms with E-state index in [1.807, 2.05) is 11.9 Å². The number of aliphatic imine (C=N–C) groups is 1. The third-order valence-corrected chi connectivity index (χ3v) is 3.80. The number of halogens is 4. The van der Waals surface area contributed by atoms with Crippen LogP contribution in [0.1, 0.15) is 24.1 Å². The van der Waals surface area contributed by atoms with Crippen molar-refractivity contribution in [3.63, 3.8) is 0 Å². The minimum Gasteiger partial charge on any atom is -0.379 e. The predicted octanol–water partition coefficient (Wildman–Crippen LogP) is 2.49. The second kappa shape index (κ2) is 9.60. The molecule has 6 nitrogen and oxygen atoms in total. The maximum absolute atomic E-state index is 12.9. The van der Waals surface area contributed by atoms with Gasteiger partial charge in [-0.05, 0) is 18.8 Å². The standard InChI is InChI=1S/C15H24F3N5O.HI/c1-19-14(22(2)6-7-24-10-11-4-5-11)20-8-12-9-23(3)21-13(12)15(16,17)18;/h9,11H,4-8,10H2,1-3H3,(H,19,20);1H. The third kappa shape index (κ3) is 7.00. The van der Waals surface area contributed by atoms with Crippen LogP contribution in [0.25, 0.3) is 0 Å². The molecule has 0 spiro atoms. The summed E-state index contributed by atoms with van der Waals surface area (Å²) in [5.41, 5.74) is -0.784. The van der Waals surface area contributed by atoms with Crippen LogP contribution in [0.15, 0.2) is 11.2 Å². The zero-order valence-corrected chi connectivity index (χ0v) is 17.0. The van der Waals surface area contributed by atoms with Crippen molar-refractivity contribution in [1.82, 2.24) is 20.0 Å². The van der Waals surface area contributed by atoms with Gasteiger partial charge >= 0.3 is 6.18 Å². The van der Waals surface area contributed by atoms with Gasteiger partial charge in [0.1, 0.15) is 0 Å². The van der Waals surface area contributed by atoms with E-state index in [-0.39, 0.29) is 36.1 Å². The monoisotopic (exact) mass is 475 g/mol. The molecule has 2 rings (SSSR count). The highest BCUT2D eigenvalue weighted by Gasteiger charge is 2.36. The van der Waals surface area contributed by atoms with E-state index in [4.69, 9.17) is 4.74 Å². The van der Waals surface area contributed by atoms with E-state index in [9.17, 15) is 13.2 Å². The summed E-state index contributed by atoms with van der Waals surface area (Å²) in [5.74, 6) is 1.22. The van der Waals surface area contributed by atoms with Gasteiger partial charge in [-0.3, -0.25) is 9.67 Å². The second-order valence-electron chi connectivity index (χ2n) is 6.01. The lowest BCUT2D eigenvalue weighted by Gasteiger charge is -2.22. The number of likely N-dealkylation sites (N-methyl/N-ethyl adjacent to an activating group) is 1. The quantitative estimate of drug-likeness (QED) is 0.285. The molecule has 1 fully saturated rings. The molecule has 1 aliphatic carbocycles. The molecule has 1 N–H and O–H groups in total. The van der Waals surface area contributed by atoms with Gasteiger partial charge in [-0.15, -0.1) is 24.0 Å². The summed E-state index contributed by atoms with van der Waals surface area (Å²) < 4.78 is 45.6. The molecule has 0 amide bonds. The fourth-order valence-corrected chi connectivity index (χ4v) is 2.31. The first-order chi connectivity index (χ1) is 11.3. The summed E-state index contributed by atoms with van der Waals surface area (Å²) in [6, 6.07) is 0. The molecule has 1 aromatic rings. The summed E-state index contributed by atoms with van der Waals surface area (Å²) >= 11 is 0. The fourth-order valence-electron chi connectivity index (χ4n) is 2.31. The van der Waals surface area contributed by atoms with Crippen molar-refractivity contribution < 1.29 is 17.9 Å². The highest BCUT2D eigenvalue weighted by molar-refractivity contribution is 14.0. The molecule has 144 valence electrons. The first kappa shape index (κ1) is 22.0. The number of nitrogens with zero attached hydrogens (tertiary/aromatic N) is 4. The van der Waals surface area contributed by atoms with Crippen molar-refractivity contribution in [2.45, 2.75) is 25.6 Å². The molecule has 1 aromatic heterocycles. The molecule has 1 saturated carbocycles. The average molecular weight is 475 g/mol. The van der Waals surface area contributed by atoms with Gasteiger partial charge in [0, 0.05) is 52.6 Å². The van der Waals surface area contributed by atoms with Crippen molar-refractivity contribution in [1.29, 1.82) is 0 Å². The van der Waals surface area contributed by atoms with Crippen molar-refractivity contribution in [2.24, 2.45) is 18.0 Å². The number of ether oxygens (including phenoxy) is 1. The van der Waals surface area contributed by atoms with E-state index in [2.05, 4.69) is 15.4 Å². The first-order valence-electron chi connectivity index (χ1n) is 7.90. The van der Waals surface area contributed by atoms with Gasteiger partial charge in [0.2, 0.25) is 0 Å². The van der Waals surface area contributed by atoms with E-state index in [0.717, 1.165) is 11.3 Å². The molecule has 1 aliphatic rings. The zero-order chi connectivity index (χ0) is 17.7. The third-order valence-electron chi connectivity index (χ3n) is 3.80. The lowest BCUT2D eigenvalue weighted by molar-refractivity contribution is -0.142. The van der Waals surface area contributed by atoms with Gasteiger partial charge in [-0.2, -0.15) is 18.3 Å². The molecule has 1 heterocycles. The predicted molar refractivity (Wildman–Crippen MR) is 100.0 cm³/mol. The lowest BCUT2D eigenvalue weighted by atomic mass is 10.2. The van der Waals surface area contributed by atoms with E-state index in [1.165, 1.54) is 26.1 Å². The Hall–Kier alpha value is -1.04. The van der Waals surface area contributed by atoms with Gasteiger partial charge in [-0.1, -0.05) is 0 Å². The lowest BCUT2D eigenvalue weighted by Crippen LogP contribution is -2.40. The molecule has 0 aromatic carbocycles. The number of guanidine groups is 1. The molecule has 0 radical (unpaired) electrons. The van der Waals surface area contributed by atoms with Crippen LogP contribution >= 0.6 is 24.0 Å². The molecule has 10 heteroatoms. The second-order valence-corrected chi connectivity index (χ2v) is 6.01. The maximum Gasteiger partial charge on any atom is 0.435 e. The molecule has 0 aliphatic heterocycles. The number of hydrogen-bond donors (Lipinski definition) is 1. The highest BCUT2D eigenvalue weighted by Crippen LogP contribution is 2.30. The van der Waals surface area contributed by atoms with Crippen molar-refractivity contribution in [2.75, 3.05) is 33.9 Å². The summed E-state index contributed by atoms with van der Waals surface area (Å²) in [4.78, 5) is 5.93. The van der Waals surface area contributed by atoms with Crippen LogP contribution in [0.5, 0.6) is 0 Å². The maximum atomic E-state index is 12.9. The van der Waals surface area contributed by atoms with E-state index >= 15 is 0 Å². The largest absolute Gasteiger partial charge is 0.435 e. The number of aromatic nitrogens is 2. The van der Waals surface area contributed by atoms with E-state index < -0.39 is 11.9 Å². The van der Waals surface area contributed by atoms with Crippen LogP contribution in [-0.2, 0) is 24.5 Å². The normalized spacial score (nSPS) is 15.0. The van der Waals surface area contributed by atoms with Gasteiger partial charge < -0.3 is 15.0 Å². The van der Waals surface area contributed by atoms with Crippen LogP contribution in [0.4, 0.5) is 13.2 Å². The Morgan fingerprint density at radius 3 is 2.72 bits per heavy atom. The van der Waals surface area contributed by atoms with Crippen LogP contribution in [0.2, 0.25) is 0 Å². The Labute approximate surface area is 162 Å². The van der Waals surface area contributed by atoms with Gasteiger partial charge in [0.25, 0.3) is 0 Å². The smallest absolute Gasteiger partial charge is 0.379 e. The summed E-state index contributed by atoms with van der Waals surface area (Å²) in [6.07, 6.45) is -0.621. The molecule has 0 saturated heterocycles. The molecule has 0 atom stereocenters. The van der Waals surface area contributed by atoms with Gasteiger partial charge in [0.05, 0.1) is 6.61 Å². The van der Waals surface area contributed by atoms with Crippen LogP contribution < -0.4 is 5.32 Å². The zero-order valence-electron chi connectivity index (χ0n) is 14.6.